The molecule has 1 unspecified atom stereocenters. The number of rotatable bonds is 3. The molecule has 0 amide bonds. The van der Waals surface area contributed by atoms with E-state index in [-0.39, 0.29) is 6.54 Å². The summed E-state index contributed by atoms with van der Waals surface area (Å²) >= 11 is 0. The SMILES string of the molecule is CC(C)C1CCCN(CC(F)F)C1. The average Bonchev–Trinajstić information content (AvgIpc) is 2.03. The van der Waals surface area contributed by atoms with Gasteiger partial charge in [0.1, 0.15) is 0 Å². The normalized spacial score (nSPS) is 25.8. The smallest absolute Gasteiger partial charge is 0.251 e. The van der Waals surface area contributed by atoms with Crippen LogP contribution in [-0.2, 0) is 0 Å². The zero-order valence-corrected chi connectivity index (χ0v) is 8.47. The van der Waals surface area contributed by atoms with Crippen LogP contribution in [0.5, 0.6) is 0 Å². The molecule has 1 aliphatic heterocycles. The zero-order valence-electron chi connectivity index (χ0n) is 8.47. The Balaban J connectivity index is 2.33. The van der Waals surface area contributed by atoms with Gasteiger partial charge < -0.3 is 0 Å². The molecule has 3 heteroatoms. The molecule has 0 N–H and O–H groups in total. The molecule has 1 rings (SSSR count). The van der Waals surface area contributed by atoms with E-state index in [0.717, 1.165) is 19.5 Å². The number of piperidine rings is 1. The summed E-state index contributed by atoms with van der Waals surface area (Å²) in [6.07, 6.45) is 0.110. The summed E-state index contributed by atoms with van der Waals surface area (Å²) in [5.41, 5.74) is 0. The molecule has 0 aromatic rings. The average molecular weight is 191 g/mol. The van der Waals surface area contributed by atoms with E-state index in [1.54, 1.807) is 0 Å². The van der Waals surface area contributed by atoms with Crippen molar-refractivity contribution in [2.24, 2.45) is 11.8 Å². The molecule has 0 aliphatic carbocycles. The predicted octanol–water partition coefficient (Wildman–Crippen LogP) is 2.62. The Morgan fingerprint density at radius 2 is 2.08 bits per heavy atom. The van der Waals surface area contributed by atoms with Gasteiger partial charge in [-0.3, -0.25) is 4.90 Å². The van der Waals surface area contributed by atoms with Crippen molar-refractivity contribution >= 4 is 0 Å². The number of likely N-dealkylation sites (tertiary alicyclic amines) is 1. The molecule has 1 heterocycles. The highest BCUT2D eigenvalue weighted by atomic mass is 19.3. The zero-order chi connectivity index (χ0) is 9.84. The van der Waals surface area contributed by atoms with Crippen LogP contribution in [0.15, 0.2) is 0 Å². The van der Waals surface area contributed by atoms with Gasteiger partial charge in [0.05, 0.1) is 6.54 Å². The van der Waals surface area contributed by atoms with Gasteiger partial charge in [-0.05, 0) is 31.2 Å². The third-order valence-electron chi connectivity index (χ3n) is 2.88. The van der Waals surface area contributed by atoms with Crippen LogP contribution >= 0.6 is 0 Å². The second-order valence-electron chi connectivity index (χ2n) is 4.30. The third-order valence-corrected chi connectivity index (χ3v) is 2.88. The summed E-state index contributed by atoms with van der Waals surface area (Å²) in [6.45, 7) is 6.03. The Bertz CT molecular complexity index is 148. The van der Waals surface area contributed by atoms with Crippen LogP contribution in [0.3, 0.4) is 0 Å². The lowest BCUT2D eigenvalue weighted by molar-refractivity contribution is 0.0569. The van der Waals surface area contributed by atoms with Crippen molar-refractivity contribution < 1.29 is 8.78 Å². The van der Waals surface area contributed by atoms with Gasteiger partial charge in [-0.25, -0.2) is 8.78 Å². The first-order valence-corrected chi connectivity index (χ1v) is 5.10. The van der Waals surface area contributed by atoms with E-state index in [0.29, 0.717) is 11.8 Å². The van der Waals surface area contributed by atoms with Gasteiger partial charge in [0.15, 0.2) is 0 Å². The van der Waals surface area contributed by atoms with Gasteiger partial charge in [-0.2, -0.15) is 0 Å². The van der Waals surface area contributed by atoms with Gasteiger partial charge in [0.2, 0.25) is 0 Å². The first kappa shape index (κ1) is 10.9. The largest absolute Gasteiger partial charge is 0.297 e. The second kappa shape index (κ2) is 4.89. The Kier molecular flexibility index (Phi) is 4.10. The molecule has 78 valence electrons. The van der Waals surface area contributed by atoms with E-state index in [2.05, 4.69) is 13.8 Å². The predicted molar refractivity (Wildman–Crippen MR) is 50.0 cm³/mol. The van der Waals surface area contributed by atoms with Crippen LogP contribution < -0.4 is 0 Å². The van der Waals surface area contributed by atoms with E-state index in [9.17, 15) is 8.78 Å². The maximum absolute atomic E-state index is 12.1. The van der Waals surface area contributed by atoms with Gasteiger partial charge in [-0.1, -0.05) is 13.8 Å². The maximum atomic E-state index is 12.1. The molecule has 1 nitrogen and oxygen atoms in total. The summed E-state index contributed by atoms with van der Waals surface area (Å²) in [6, 6.07) is 0. The summed E-state index contributed by atoms with van der Waals surface area (Å²) < 4.78 is 24.2. The van der Waals surface area contributed by atoms with Crippen molar-refractivity contribution in [3.8, 4) is 0 Å². The van der Waals surface area contributed by atoms with Crippen molar-refractivity contribution in [3.63, 3.8) is 0 Å². The lowest BCUT2D eigenvalue weighted by atomic mass is 9.88. The standard InChI is InChI=1S/C10H19F2N/c1-8(2)9-4-3-5-13(6-9)7-10(11)12/h8-10H,3-7H2,1-2H3. The molecule has 1 saturated heterocycles. The molecular weight excluding hydrogens is 172 g/mol. The Morgan fingerprint density at radius 3 is 2.62 bits per heavy atom. The maximum Gasteiger partial charge on any atom is 0.251 e. The lowest BCUT2D eigenvalue weighted by Gasteiger charge is -2.34. The molecule has 0 spiro atoms. The summed E-state index contributed by atoms with van der Waals surface area (Å²) in [4.78, 5) is 1.90. The molecule has 13 heavy (non-hydrogen) atoms. The van der Waals surface area contributed by atoms with Gasteiger partial charge in [0, 0.05) is 6.54 Å². The fraction of sp³-hybridized carbons (Fsp3) is 1.00. The van der Waals surface area contributed by atoms with E-state index in [1.807, 2.05) is 4.90 Å². The van der Waals surface area contributed by atoms with Crippen LogP contribution in [0.25, 0.3) is 0 Å². The molecule has 0 bridgehead atoms. The topological polar surface area (TPSA) is 3.24 Å². The van der Waals surface area contributed by atoms with Crippen molar-refractivity contribution in [2.45, 2.75) is 33.1 Å². The van der Waals surface area contributed by atoms with Crippen LogP contribution in [0.4, 0.5) is 8.78 Å². The van der Waals surface area contributed by atoms with Crippen molar-refractivity contribution in [1.29, 1.82) is 0 Å². The molecule has 1 aliphatic rings. The molecule has 0 aromatic carbocycles. The highest BCUT2D eigenvalue weighted by Gasteiger charge is 2.23. The van der Waals surface area contributed by atoms with Crippen LogP contribution in [0, 0.1) is 11.8 Å². The van der Waals surface area contributed by atoms with Gasteiger partial charge >= 0.3 is 0 Å². The van der Waals surface area contributed by atoms with E-state index < -0.39 is 6.43 Å². The highest BCUT2D eigenvalue weighted by molar-refractivity contribution is 4.75. The number of nitrogens with zero attached hydrogens (tertiary/aromatic N) is 1. The summed E-state index contributed by atoms with van der Waals surface area (Å²) in [5, 5.41) is 0. The Labute approximate surface area is 79.1 Å². The molecule has 1 atom stereocenters. The van der Waals surface area contributed by atoms with Crippen molar-refractivity contribution in [2.75, 3.05) is 19.6 Å². The number of alkyl halides is 2. The minimum atomic E-state index is -2.18. The molecule has 0 radical (unpaired) electrons. The van der Waals surface area contributed by atoms with E-state index in [1.165, 1.54) is 6.42 Å². The third kappa shape index (κ3) is 3.59. The summed E-state index contributed by atoms with van der Waals surface area (Å²) in [5.74, 6) is 1.24. The minimum Gasteiger partial charge on any atom is -0.297 e. The monoisotopic (exact) mass is 191 g/mol. The van der Waals surface area contributed by atoms with E-state index >= 15 is 0 Å². The molecule has 0 saturated carbocycles. The number of hydrogen-bond acceptors (Lipinski definition) is 1. The fourth-order valence-corrected chi connectivity index (χ4v) is 2.00. The van der Waals surface area contributed by atoms with E-state index in [4.69, 9.17) is 0 Å². The first-order chi connectivity index (χ1) is 6.09. The Morgan fingerprint density at radius 1 is 1.38 bits per heavy atom. The second-order valence-corrected chi connectivity index (χ2v) is 4.30. The quantitative estimate of drug-likeness (QED) is 0.663. The van der Waals surface area contributed by atoms with Gasteiger partial charge in [0.25, 0.3) is 6.43 Å². The van der Waals surface area contributed by atoms with Crippen molar-refractivity contribution in [1.82, 2.24) is 4.90 Å². The van der Waals surface area contributed by atoms with Crippen LogP contribution in [-0.4, -0.2) is 31.0 Å². The summed E-state index contributed by atoms with van der Waals surface area (Å²) in [7, 11) is 0. The lowest BCUT2D eigenvalue weighted by Crippen LogP contribution is -2.39. The van der Waals surface area contributed by atoms with Crippen molar-refractivity contribution in [3.05, 3.63) is 0 Å². The molecule has 0 aromatic heterocycles. The number of halogens is 2. The van der Waals surface area contributed by atoms with Crippen LogP contribution in [0.1, 0.15) is 26.7 Å². The molecular formula is C10H19F2N. The molecule has 1 fully saturated rings. The van der Waals surface area contributed by atoms with Gasteiger partial charge in [-0.15, -0.1) is 0 Å². The van der Waals surface area contributed by atoms with Crippen LogP contribution in [0.2, 0.25) is 0 Å². The fourth-order valence-electron chi connectivity index (χ4n) is 2.00. The number of hydrogen-bond donors (Lipinski definition) is 0. The highest BCUT2D eigenvalue weighted by Crippen LogP contribution is 2.23. The first-order valence-electron chi connectivity index (χ1n) is 5.10. The Hall–Kier alpha value is -0.180. The minimum absolute atomic E-state index is 0.0385.